The van der Waals surface area contributed by atoms with Gasteiger partial charge in [-0.2, -0.15) is 0 Å². The van der Waals surface area contributed by atoms with Crippen LogP contribution in [0, 0.1) is 13.8 Å². The monoisotopic (exact) mass is 670 g/mol. The summed E-state index contributed by atoms with van der Waals surface area (Å²) in [5.74, 6) is 0. The molecule has 0 aliphatic rings. The average Bonchev–Trinajstić information content (AvgIpc) is 3.61. The minimum Gasteiger partial charge on any atom is -1.00 e. The number of aryl methyl sites for hydroxylation is 2. The Morgan fingerprint density at radius 1 is 0.395 bits per heavy atom. The first-order chi connectivity index (χ1) is 19.6. The van der Waals surface area contributed by atoms with Crippen LogP contribution < -0.4 is 24.8 Å². The van der Waals surface area contributed by atoms with Gasteiger partial charge in [-0.05, 0) is 35.4 Å². The normalized spacial score (nSPS) is 10.5. The standard InChI is InChI=1S/2C20H15.2ClH.Zr/c2*1-14-10-17-8-4-5-9-19(17)20(11-14)18-12-15-6-2-3-7-16(15)13-18;;;/h2*2-13H,1H3;2*1H;/q2*-1;;;+4/p-2. The van der Waals surface area contributed by atoms with Gasteiger partial charge in [-0.1, -0.05) is 131 Å². The fraction of sp³-hybridized carbons (Fsp3) is 0.0500. The van der Waals surface area contributed by atoms with E-state index >= 15 is 0 Å². The maximum Gasteiger partial charge on any atom is 4.00 e. The number of hydrogen-bond acceptors (Lipinski definition) is 0. The molecule has 0 spiro atoms. The van der Waals surface area contributed by atoms with Crippen LogP contribution in [-0.2, 0) is 26.2 Å². The molecule has 0 fully saturated rings. The summed E-state index contributed by atoms with van der Waals surface area (Å²) in [6, 6.07) is 52.6. The zero-order valence-corrected chi connectivity index (χ0v) is 28.1. The topological polar surface area (TPSA) is 0 Å². The van der Waals surface area contributed by atoms with Crippen LogP contribution in [0.5, 0.6) is 0 Å². The zero-order chi connectivity index (χ0) is 27.1. The Hall–Kier alpha value is -3.48. The molecule has 0 bridgehead atoms. The minimum absolute atomic E-state index is 0. The molecule has 0 atom stereocenters. The van der Waals surface area contributed by atoms with E-state index in [1.807, 2.05) is 0 Å². The average molecular weight is 673 g/mol. The summed E-state index contributed by atoms with van der Waals surface area (Å²) in [5.41, 5.74) is 7.90. The van der Waals surface area contributed by atoms with Gasteiger partial charge in [0.2, 0.25) is 0 Å². The van der Waals surface area contributed by atoms with Gasteiger partial charge < -0.3 is 24.8 Å². The summed E-state index contributed by atoms with van der Waals surface area (Å²) >= 11 is 0. The zero-order valence-electron chi connectivity index (χ0n) is 24.1. The number of fused-ring (bicyclic) bond motifs is 4. The van der Waals surface area contributed by atoms with Crippen LogP contribution in [0.4, 0.5) is 0 Å². The van der Waals surface area contributed by atoms with Crippen LogP contribution in [0.15, 0.2) is 146 Å². The quantitative estimate of drug-likeness (QED) is 0.217. The van der Waals surface area contributed by atoms with Crippen molar-refractivity contribution in [2.45, 2.75) is 13.8 Å². The molecule has 0 radical (unpaired) electrons. The maximum atomic E-state index is 2.29. The fourth-order valence-electron chi connectivity index (χ4n) is 6.01. The van der Waals surface area contributed by atoms with Gasteiger partial charge in [-0.3, -0.25) is 0 Å². The number of hydrogen-bond donors (Lipinski definition) is 0. The minimum atomic E-state index is 0. The number of benzene rings is 6. The number of halogens is 2. The van der Waals surface area contributed by atoms with Crippen LogP contribution >= 0.6 is 0 Å². The molecule has 0 aliphatic carbocycles. The molecule has 8 rings (SSSR count). The molecule has 8 aromatic carbocycles. The second kappa shape index (κ2) is 13.9. The third kappa shape index (κ3) is 6.56. The van der Waals surface area contributed by atoms with Crippen molar-refractivity contribution in [1.82, 2.24) is 0 Å². The molecule has 0 aliphatic heterocycles. The van der Waals surface area contributed by atoms with Crippen LogP contribution in [-0.4, -0.2) is 0 Å². The van der Waals surface area contributed by atoms with Gasteiger partial charge in [0, 0.05) is 0 Å². The van der Waals surface area contributed by atoms with Crippen LogP contribution in [0.1, 0.15) is 11.1 Å². The van der Waals surface area contributed by atoms with Gasteiger partial charge in [-0.25, -0.2) is 0 Å². The molecular formula is C40H30Cl2Zr. The summed E-state index contributed by atoms with van der Waals surface area (Å²) in [5, 5.41) is 10.5. The van der Waals surface area contributed by atoms with Crippen molar-refractivity contribution in [3.05, 3.63) is 157 Å². The van der Waals surface area contributed by atoms with E-state index < -0.39 is 0 Å². The summed E-state index contributed by atoms with van der Waals surface area (Å²) in [4.78, 5) is 0. The van der Waals surface area contributed by atoms with Crippen molar-refractivity contribution in [3.8, 4) is 22.3 Å². The van der Waals surface area contributed by atoms with Crippen LogP contribution in [0.2, 0.25) is 0 Å². The largest absolute Gasteiger partial charge is 4.00 e. The van der Waals surface area contributed by atoms with Crippen molar-refractivity contribution >= 4 is 43.1 Å². The first kappa shape index (κ1) is 32.4. The Balaban J connectivity index is 0.000000184. The molecule has 0 aromatic heterocycles. The van der Waals surface area contributed by atoms with E-state index in [2.05, 4.69) is 159 Å². The predicted molar refractivity (Wildman–Crippen MR) is 174 cm³/mol. The van der Waals surface area contributed by atoms with Crippen molar-refractivity contribution in [2.24, 2.45) is 0 Å². The molecule has 0 heterocycles. The van der Waals surface area contributed by atoms with E-state index in [1.54, 1.807) is 0 Å². The maximum absolute atomic E-state index is 2.29. The fourth-order valence-corrected chi connectivity index (χ4v) is 6.01. The Morgan fingerprint density at radius 2 is 0.744 bits per heavy atom. The Morgan fingerprint density at radius 3 is 1.14 bits per heavy atom. The molecule has 0 saturated heterocycles. The van der Waals surface area contributed by atoms with E-state index in [0.717, 1.165) is 0 Å². The van der Waals surface area contributed by atoms with Gasteiger partial charge in [0.1, 0.15) is 0 Å². The molecule has 0 amide bonds. The Labute approximate surface area is 285 Å². The first-order valence-corrected chi connectivity index (χ1v) is 13.9. The molecule has 43 heavy (non-hydrogen) atoms. The van der Waals surface area contributed by atoms with Crippen molar-refractivity contribution in [2.75, 3.05) is 0 Å². The van der Waals surface area contributed by atoms with Crippen LogP contribution in [0.25, 0.3) is 65.3 Å². The molecule has 0 nitrogen and oxygen atoms in total. The third-order valence-corrected chi connectivity index (χ3v) is 7.87. The summed E-state index contributed by atoms with van der Waals surface area (Å²) < 4.78 is 0. The third-order valence-electron chi connectivity index (χ3n) is 7.87. The Kier molecular flexibility index (Phi) is 10.5. The van der Waals surface area contributed by atoms with Crippen molar-refractivity contribution in [3.63, 3.8) is 0 Å². The van der Waals surface area contributed by atoms with Gasteiger partial charge in [0.05, 0.1) is 0 Å². The van der Waals surface area contributed by atoms with Crippen molar-refractivity contribution in [1.29, 1.82) is 0 Å². The van der Waals surface area contributed by atoms with Gasteiger partial charge in [0.25, 0.3) is 0 Å². The molecule has 208 valence electrons. The SMILES string of the molecule is Cc1cc(-c2cc3ccccc3[cH-]2)c2ccccc2c1.Cc1cc(-c2cc3ccccc3[cH-]2)c2ccccc2c1.[Cl-].[Cl-].[Zr+4]. The van der Waals surface area contributed by atoms with E-state index in [0.29, 0.717) is 0 Å². The molecule has 3 heteroatoms. The molecule has 0 N–H and O–H groups in total. The second-order valence-electron chi connectivity index (χ2n) is 10.8. The Bertz CT molecular complexity index is 1930. The van der Waals surface area contributed by atoms with E-state index in [4.69, 9.17) is 0 Å². The van der Waals surface area contributed by atoms with Gasteiger partial charge in [-0.15, -0.1) is 69.1 Å². The van der Waals surface area contributed by atoms with Crippen LogP contribution in [0.3, 0.4) is 0 Å². The van der Waals surface area contributed by atoms with Crippen molar-refractivity contribution < 1.29 is 51.0 Å². The molecular weight excluding hydrogens is 643 g/mol. The van der Waals surface area contributed by atoms with Gasteiger partial charge in [0.15, 0.2) is 0 Å². The number of rotatable bonds is 2. The van der Waals surface area contributed by atoms with E-state index in [1.165, 1.54) is 76.5 Å². The smallest absolute Gasteiger partial charge is 1.00 e. The predicted octanol–water partition coefficient (Wildman–Crippen LogP) is 5.38. The molecule has 0 unspecified atom stereocenters. The summed E-state index contributed by atoms with van der Waals surface area (Å²) in [6.45, 7) is 4.33. The summed E-state index contributed by atoms with van der Waals surface area (Å²) in [6.07, 6.45) is 0. The van der Waals surface area contributed by atoms with E-state index in [-0.39, 0.29) is 51.0 Å². The second-order valence-corrected chi connectivity index (χ2v) is 10.8. The summed E-state index contributed by atoms with van der Waals surface area (Å²) in [7, 11) is 0. The first-order valence-electron chi connectivity index (χ1n) is 13.9. The van der Waals surface area contributed by atoms with E-state index in [9.17, 15) is 0 Å². The molecule has 0 saturated carbocycles. The van der Waals surface area contributed by atoms with Gasteiger partial charge >= 0.3 is 26.2 Å². The molecule has 8 aromatic rings.